The van der Waals surface area contributed by atoms with Crippen molar-refractivity contribution < 1.29 is 4.79 Å². The molecule has 0 saturated carbocycles. The second kappa shape index (κ2) is 5.03. The van der Waals surface area contributed by atoms with Crippen molar-refractivity contribution in [1.82, 2.24) is 5.32 Å². The molecule has 1 N–H and O–H groups in total. The quantitative estimate of drug-likeness (QED) is 0.848. The number of carbonyl (C=O) groups excluding carboxylic acids is 1. The van der Waals surface area contributed by atoms with E-state index in [1.807, 2.05) is 31.2 Å². The SMILES string of the molecule is CC(=Cc1ccccc1)C=C1NC(=O)CS1. The number of thioether (sulfide) groups is 1. The van der Waals surface area contributed by atoms with Gasteiger partial charge in [0.2, 0.25) is 5.91 Å². The van der Waals surface area contributed by atoms with Gasteiger partial charge in [0.25, 0.3) is 0 Å². The van der Waals surface area contributed by atoms with Crippen LogP contribution in [0.5, 0.6) is 0 Å². The standard InChI is InChI=1S/C13H13NOS/c1-10(7-11-5-3-2-4-6-11)8-13-14-12(15)9-16-13/h2-8H,9H2,1H3,(H,14,15). The lowest BCUT2D eigenvalue weighted by Gasteiger charge is -1.98. The first kappa shape index (κ1) is 11.0. The van der Waals surface area contributed by atoms with Crippen LogP contribution in [0.4, 0.5) is 0 Å². The van der Waals surface area contributed by atoms with Crippen LogP contribution in [-0.2, 0) is 4.79 Å². The van der Waals surface area contributed by atoms with Gasteiger partial charge in [-0.05, 0) is 24.1 Å². The number of hydrogen-bond acceptors (Lipinski definition) is 2. The smallest absolute Gasteiger partial charge is 0.235 e. The Kier molecular flexibility index (Phi) is 3.47. The first-order valence-corrected chi connectivity index (χ1v) is 6.10. The van der Waals surface area contributed by atoms with Crippen LogP contribution in [0.2, 0.25) is 0 Å². The Labute approximate surface area is 99.4 Å². The molecule has 2 rings (SSSR count). The summed E-state index contributed by atoms with van der Waals surface area (Å²) in [6, 6.07) is 10.1. The first-order valence-electron chi connectivity index (χ1n) is 5.12. The van der Waals surface area contributed by atoms with E-state index in [1.54, 1.807) is 11.8 Å². The van der Waals surface area contributed by atoms with Gasteiger partial charge in [0.15, 0.2) is 0 Å². The van der Waals surface area contributed by atoms with E-state index < -0.39 is 0 Å². The molecule has 1 aromatic rings. The number of amides is 1. The molecule has 0 unspecified atom stereocenters. The Morgan fingerprint density at radius 2 is 2.12 bits per heavy atom. The third-order valence-electron chi connectivity index (χ3n) is 2.17. The highest BCUT2D eigenvalue weighted by Gasteiger charge is 2.14. The van der Waals surface area contributed by atoms with Crippen molar-refractivity contribution in [3.05, 3.63) is 52.6 Å². The van der Waals surface area contributed by atoms with Gasteiger partial charge in [-0.25, -0.2) is 0 Å². The normalized spacial score (nSPS) is 18.9. The molecule has 2 nitrogen and oxygen atoms in total. The monoisotopic (exact) mass is 231 g/mol. The average molecular weight is 231 g/mol. The van der Waals surface area contributed by atoms with Crippen LogP contribution < -0.4 is 5.32 Å². The van der Waals surface area contributed by atoms with Crippen LogP contribution in [0.15, 0.2) is 47.0 Å². The van der Waals surface area contributed by atoms with Gasteiger partial charge >= 0.3 is 0 Å². The van der Waals surface area contributed by atoms with Crippen molar-refractivity contribution in [2.75, 3.05) is 5.75 Å². The lowest BCUT2D eigenvalue weighted by atomic mass is 10.1. The van der Waals surface area contributed by atoms with Gasteiger partial charge < -0.3 is 5.32 Å². The lowest BCUT2D eigenvalue weighted by molar-refractivity contribution is -0.117. The van der Waals surface area contributed by atoms with Gasteiger partial charge in [0.1, 0.15) is 0 Å². The van der Waals surface area contributed by atoms with Gasteiger partial charge in [-0.1, -0.05) is 48.2 Å². The second-order valence-corrected chi connectivity index (χ2v) is 4.66. The highest BCUT2D eigenvalue weighted by atomic mass is 32.2. The van der Waals surface area contributed by atoms with Crippen molar-refractivity contribution in [1.29, 1.82) is 0 Å². The molecule has 0 radical (unpaired) electrons. The molecule has 1 amide bonds. The Balaban J connectivity index is 2.11. The molecule has 1 aliphatic heterocycles. The molecule has 82 valence electrons. The van der Waals surface area contributed by atoms with Crippen LogP contribution in [0, 0.1) is 0 Å². The topological polar surface area (TPSA) is 29.1 Å². The number of benzene rings is 1. The van der Waals surface area contributed by atoms with Crippen molar-refractivity contribution >= 4 is 23.7 Å². The third kappa shape index (κ3) is 3.00. The summed E-state index contributed by atoms with van der Waals surface area (Å²) in [7, 11) is 0. The number of nitrogens with one attached hydrogen (secondary N) is 1. The maximum absolute atomic E-state index is 11.0. The summed E-state index contributed by atoms with van der Waals surface area (Å²) in [4.78, 5) is 11.0. The minimum Gasteiger partial charge on any atom is -0.320 e. The fourth-order valence-corrected chi connectivity index (χ4v) is 2.31. The highest BCUT2D eigenvalue weighted by molar-refractivity contribution is 8.04. The second-order valence-electron chi connectivity index (χ2n) is 3.64. The molecule has 0 aliphatic carbocycles. The number of allylic oxidation sites excluding steroid dienone is 2. The fourth-order valence-electron chi connectivity index (χ4n) is 1.49. The first-order chi connectivity index (χ1) is 7.74. The molecule has 3 heteroatoms. The van der Waals surface area contributed by atoms with Gasteiger partial charge in [0.05, 0.1) is 10.8 Å². The summed E-state index contributed by atoms with van der Waals surface area (Å²) in [5, 5.41) is 3.75. The van der Waals surface area contributed by atoms with Crippen LogP contribution >= 0.6 is 11.8 Å². The minimum absolute atomic E-state index is 0.0868. The molecule has 0 atom stereocenters. The molecule has 1 saturated heterocycles. The van der Waals surface area contributed by atoms with Crippen molar-refractivity contribution in [2.24, 2.45) is 0 Å². The highest BCUT2D eigenvalue weighted by Crippen LogP contribution is 2.20. The van der Waals surface area contributed by atoms with Crippen LogP contribution in [0.1, 0.15) is 12.5 Å². The lowest BCUT2D eigenvalue weighted by Crippen LogP contribution is -2.13. The van der Waals surface area contributed by atoms with E-state index in [9.17, 15) is 4.79 Å². The van der Waals surface area contributed by atoms with E-state index in [-0.39, 0.29) is 5.91 Å². The zero-order chi connectivity index (χ0) is 11.4. The van der Waals surface area contributed by atoms with Crippen LogP contribution in [0.3, 0.4) is 0 Å². The van der Waals surface area contributed by atoms with E-state index in [2.05, 4.69) is 23.5 Å². The summed E-state index contributed by atoms with van der Waals surface area (Å²) >= 11 is 1.55. The summed E-state index contributed by atoms with van der Waals surface area (Å²) in [6.45, 7) is 2.03. The van der Waals surface area contributed by atoms with Gasteiger partial charge in [0, 0.05) is 0 Å². The molecule has 0 spiro atoms. The molecule has 1 aliphatic rings. The molecule has 1 aromatic carbocycles. The number of hydrogen-bond donors (Lipinski definition) is 1. The number of rotatable bonds is 2. The predicted octanol–water partition coefficient (Wildman–Crippen LogP) is 2.79. The van der Waals surface area contributed by atoms with Gasteiger partial charge in [-0.15, -0.1) is 0 Å². The summed E-state index contributed by atoms with van der Waals surface area (Å²) in [5.41, 5.74) is 2.31. The Bertz CT molecular complexity index is 448. The average Bonchev–Trinajstić information content (AvgIpc) is 2.65. The van der Waals surface area contributed by atoms with Gasteiger partial charge in [-0.3, -0.25) is 4.79 Å². The zero-order valence-corrected chi connectivity index (χ0v) is 9.88. The van der Waals surface area contributed by atoms with E-state index >= 15 is 0 Å². The van der Waals surface area contributed by atoms with Crippen LogP contribution in [-0.4, -0.2) is 11.7 Å². The Morgan fingerprint density at radius 1 is 1.38 bits per heavy atom. The van der Waals surface area contributed by atoms with E-state index in [0.29, 0.717) is 5.75 Å². The molecular weight excluding hydrogens is 218 g/mol. The van der Waals surface area contributed by atoms with E-state index in [4.69, 9.17) is 0 Å². The maximum Gasteiger partial charge on any atom is 0.235 e. The zero-order valence-electron chi connectivity index (χ0n) is 9.07. The Hall–Kier alpha value is -1.48. The summed E-state index contributed by atoms with van der Waals surface area (Å²) < 4.78 is 0. The predicted molar refractivity (Wildman–Crippen MR) is 68.8 cm³/mol. The molecule has 1 heterocycles. The maximum atomic E-state index is 11.0. The summed E-state index contributed by atoms with van der Waals surface area (Å²) in [5.74, 6) is 0.619. The van der Waals surface area contributed by atoms with Crippen molar-refractivity contribution in [3.8, 4) is 0 Å². The van der Waals surface area contributed by atoms with Crippen molar-refractivity contribution in [3.63, 3.8) is 0 Å². The number of carbonyl (C=O) groups is 1. The minimum atomic E-state index is 0.0868. The largest absolute Gasteiger partial charge is 0.320 e. The van der Waals surface area contributed by atoms with Crippen LogP contribution in [0.25, 0.3) is 6.08 Å². The third-order valence-corrected chi connectivity index (χ3v) is 3.11. The van der Waals surface area contributed by atoms with Gasteiger partial charge in [-0.2, -0.15) is 0 Å². The molecule has 1 fully saturated rings. The molecule has 0 bridgehead atoms. The Morgan fingerprint density at radius 3 is 2.75 bits per heavy atom. The fraction of sp³-hybridized carbons (Fsp3) is 0.154. The van der Waals surface area contributed by atoms with Crippen molar-refractivity contribution in [2.45, 2.75) is 6.92 Å². The molecule has 16 heavy (non-hydrogen) atoms. The van der Waals surface area contributed by atoms with E-state index in [0.717, 1.165) is 10.6 Å². The molecule has 0 aromatic heterocycles. The summed E-state index contributed by atoms with van der Waals surface area (Å²) in [6.07, 6.45) is 4.10. The molecular formula is C13H13NOS. The van der Waals surface area contributed by atoms with E-state index in [1.165, 1.54) is 5.56 Å².